The molecule has 0 heterocycles. The Morgan fingerprint density at radius 1 is 1.04 bits per heavy atom. The normalized spacial score (nSPS) is 10.4. The molecule has 0 aromatic heterocycles. The fraction of sp³-hybridized carbons (Fsp3) is 0.350. The van der Waals surface area contributed by atoms with Crippen LogP contribution in [0.25, 0.3) is 0 Å². The van der Waals surface area contributed by atoms with Crippen molar-refractivity contribution < 1.29 is 9.53 Å². The topological polar surface area (TPSA) is 38.3 Å². The highest BCUT2D eigenvalue weighted by Gasteiger charge is 2.01. The van der Waals surface area contributed by atoms with Gasteiger partial charge in [-0.05, 0) is 36.1 Å². The van der Waals surface area contributed by atoms with E-state index in [1.54, 1.807) is 18.9 Å². The van der Waals surface area contributed by atoms with E-state index in [0.717, 1.165) is 36.6 Å². The van der Waals surface area contributed by atoms with Crippen molar-refractivity contribution in [3.8, 4) is 5.75 Å². The molecule has 0 fully saturated rings. The van der Waals surface area contributed by atoms with Crippen LogP contribution in [0, 0.1) is 0 Å². The smallest absolute Gasteiger partial charge is 0.220 e. The van der Waals surface area contributed by atoms with E-state index in [0.29, 0.717) is 6.42 Å². The van der Waals surface area contributed by atoms with Gasteiger partial charge in [0.2, 0.25) is 5.91 Å². The lowest BCUT2D eigenvalue weighted by Crippen LogP contribution is -2.25. The quantitative estimate of drug-likeness (QED) is 0.661. The first-order valence-corrected chi connectivity index (χ1v) is 9.44. The van der Waals surface area contributed by atoms with Gasteiger partial charge in [0.1, 0.15) is 5.75 Å². The van der Waals surface area contributed by atoms with Gasteiger partial charge < -0.3 is 10.1 Å². The van der Waals surface area contributed by atoms with Gasteiger partial charge in [-0.3, -0.25) is 4.79 Å². The van der Waals surface area contributed by atoms with Crippen LogP contribution >= 0.6 is 11.8 Å². The summed E-state index contributed by atoms with van der Waals surface area (Å²) in [6.45, 7) is 0.730. The highest BCUT2D eigenvalue weighted by atomic mass is 32.2. The first-order valence-electron chi connectivity index (χ1n) is 8.29. The summed E-state index contributed by atoms with van der Waals surface area (Å²) in [5, 5.41) is 3.00. The highest BCUT2D eigenvalue weighted by Crippen LogP contribution is 2.13. The van der Waals surface area contributed by atoms with Crippen molar-refractivity contribution in [1.29, 1.82) is 0 Å². The Bertz CT molecular complexity index is 599. The number of amides is 1. The molecule has 0 aliphatic carbocycles. The molecule has 1 N–H and O–H groups in total. The summed E-state index contributed by atoms with van der Waals surface area (Å²) in [5.41, 5.74) is 2.57. The number of hydrogen-bond acceptors (Lipinski definition) is 3. The van der Waals surface area contributed by atoms with Crippen molar-refractivity contribution in [2.75, 3.05) is 19.4 Å². The molecule has 0 unspecified atom stereocenters. The molecule has 0 saturated carbocycles. The van der Waals surface area contributed by atoms with E-state index in [2.05, 4.69) is 29.6 Å². The molecule has 2 aromatic rings. The summed E-state index contributed by atoms with van der Waals surface area (Å²) in [4.78, 5) is 11.8. The Labute approximate surface area is 148 Å². The maximum atomic E-state index is 11.8. The zero-order chi connectivity index (χ0) is 17.0. The molecule has 0 aliphatic heterocycles. The Hall–Kier alpha value is -1.94. The molecular weight excluding hydrogens is 318 g/mol. The minimum atomic E-state index is 0.144. The number of rotatable bonds is 10. The largest absolute Gasteiger partial charge is 0.497 e. The van der Waals surface area contributed by atoms with Crippen molar-refractivity contribution >= 4 is 17.7 Å². The molecule has 2 rings (SSSR count). The summed E-state index contributed by atoms with van der Waals surface area (Å²) in [6, 6.07) is 18.4. The van der Waals surface area contributed by atoms with Crippen LogP contribution < -0.4 is 10.1 Å². The van der Waals surface area contributed by atoms with Gasteiger partial charge in [-0.1, -0.05) is 42.5 Å². The Kier molecular flexibility index (Phi) is 8.25. The fourth-order valence-corrected chi connectivity index (χ4v) is 3.23. The average molecular weight is 343 g/mol. The molecule has 1 amide bonds. The second-order valence-corrected chi connectivity index (χ2v) is 6.69. The van der Waals surface area contributed by atoms with E-state index in [1.165, 1.54) is 11.1 Å². The van der Waals surface area contributed by atoms with E-state index >= 15 is 0 Å². The molecule has 24 heavy (non-hydrogen) atoms. The number of ether oxygens (including phenoxy) is 1. The molecule has 4 heteroatoms. The Morgan fingerprint density at radius 3 is 2.50 bits per heavy atom. The fourth-order valence-electron chi connectivity index (χ4n) is 2.33. The zero-order valence-corrected chi connectivity index (χ0v) is 15.0. The molecular formula is C20H25NO2S. The number of hydrogen-bond donors (Lipinski definition) is 1. The number of carbonyl (C=O) groups is 1. The molecule has 128 valence electrons. The minimum absolute atomic E-state index is 0.144. The van der Waals surface area contributed by atoms with Gasteiger partial charge >= 0.3 is 0 Å². The third kappa shape index (κ3) is 7.09. The molecule has 0 bridgehead atoms. The van der Waals surface area contributed by atoms with Gasteiger partial charge in [0.05, 0.1) is 7.11 Å². The predicted molar refractivity (Wildman–Crippen MR) is 102 cm³/mol. The van der Waals surface area contributed by atoms with E-state index in [4.69, 9.17) is 4.74 Å². The van der Waals surface area contributed by atoms with E-state index in [-0.39, 0.29) is 5.91 Å². The van der Waals surface area contributed by atoms with Gasteiger partial charge in [-0.25, -0.2) is 0 Å². The van der Waals surface area contributed by atoms with E-state index < -0.39 is 0 Å². The minimum Gasteiger partial charge on any atom is -0.497 e. The number of benzene rings is 2. The van der Waals surface area contributed by atoms with E-state index in [9.17, 15) is 4.79 Å². The Morgan fingerprint density at radius 2 is 1.79 bits per heavy atom. The summed E-state index contributed by atoms with van der Waals surface area (Å²) < 4.78 is 5.14. The standard InChI is InChI=1S/C20H25NO2S/c1-23-19-11-9-17(10-12-19)8-5-14-21-20(22)13-15-24-16-18-6-3-2-4-7-18/h2-4,6-7,9-12H,5,8,13-16H2,1H3,(H,21,22). The second kappa shape index (κ2) is 10.8. The van der Waals surface area contributed by atoms with Gasteiger partial charge in [-0.15, -0.1) is 0 Å². The van der Waals surface area contributed by atoms with Crippen molar-refractivity contribution in [2.45, 2.75) is 25.0 Å². The van der Waals surface area contributed by atoms with Gasteiger partial charge in [0.25, 0.3) is 0 Å². The van der Waals surface area contributed by atoms with Crippen LogP contribution in [0.3, 0.4) is 0 Å². The summed E-state index contributed by atoms with van der Waals surface area (Å²) in [6.07, 6.45) is 2.50. The number of aryl methyl sites for hydroxylation is 1. The third-order valence-electron chi connectivity index (χ3n) is 3.71. The van der Waals surface area contributed by atoms with Crippen LogP contribution in [0.2, 0.25) is 0 Å². The van der Waals surface area contributed by atoms with Crippen molar-refractivity contribution in [1.82, 2.24) is 5.32 Å². The van der Waals surface area contributed by atoms with Gasteiger partial charge in [-0.2, -0.15) is 11.8 Å². The molecule has 0 atom stereocenters. The highest BCUT2D eigenvalue weighted by molar-refractivity contribution is 7.98. The first-order chi connectivity index (χ1) is 11.8. The van der Waals surface area contributed by atoms with Crippen LogP contribution in [0.5, 0.6) is 5.75 Å². The Balaban J connectivity index is 1.51. The van der Waals surface area contributed by atoms with Crippen molar-refractivity contribution in [3.05, 3.63) is 65.7 Å². The average Bonchev–Trinajstić information content (AvgIpc) is 2.64. The molecule has 0 aliphatic rings. The summed E-state index contributed by atoms with van der Waals surface area (Å²) >= 11 is 1.80. The number of methoxy groups -OCH3 is 1. The van der Waals surface area contributed by atoms with Crippen LogP contribution in [0.4, 0.5) is 0 Å². The first kappa shape index (κ1) is 18.4. The monoisotopic (exact) mass is 343 g/mol. The lowest BCUT2D eigenvalue weighted by Gasteiger charge is -2.06. The molecule has 0 spiro atoms. The van der Waals surface area contributed by atoms with Gasteiger partial charge in [0.15, 0.2) is 0 Å². The van der Waals surface area contributed by atoms with E-state index in [1.807, 2.05) is 30.3 Å². The third-order valence-corrected chi connectivity index (χ3v) is 4.74. The maximum Gasteiger partial charge on any atom is 0.220 e. The lowest BCUT2D eigenvalue weighted by atomic mass is 10.1. The lowest BCUT2D eigenvalue weighted by molar-refractivity contribution is -0.120. The van der Waals surface area contributed by atoms with Crippen molar-refractivity contribution in [2.24, 2.45) is 0 Å². The number of carbonyl (C=O) groups excluding carboxylic acids is 1. The maximum absolute atomic E-state index is 11.8. The van der Waals surface area contributed by atoms with Crippen LogP contribution in [-0.4, -0.2) is 25.3 Å². The zero-order valence-electron chi connectivity index (χ0n) is 14.2. The van der Waals surface area contributed by atoms with Crippen LogP contribution in [0.1, 0.15) is 24.0 Å². The van der Waals surface area contributed by atoms with Crippen LogP contribution in [-0.2, 0) is 17.0 Å². The predicted octanol–water partition coefficient (Wildman–Crippen LogP) is 4.07. The molecule has 2 aromatic carbocycles. The SMILES string of the molecule is COc1ccc(CCCNC(=O)CCSCc2ccccc2)cc1. The molecule has 0 radical (unpaired) electrons. The summed E-state index contributed by atoms with van der Waals surface area (Å²) in [5.74, 6) is 2.84. The molecule has 0 saturated heterocycles. The second-order valence-electron chi connectivity index (χ2n) is 5.59. The number of thioether (sulfide) groups is 1. The van der Waals surface area contributed by atoms with Crippen LogP contribution in [0.15, 0.2) is 54.6 Å². The van der Waals surface area contributed by atoms with Crippen molar-refractivity contribution in [3.63, 3.8) is 0 Å². The molecule has 3 nitrogen and oxygen atoms in total. The summed E-state index contributed by atoms with van der Waals surface area (Å²) in [7, 11) is 1.67. The van der Waals surface area contributed by atoms with Gasteiger partial charge in [0, 0.05) is 24.5 Å². The number of nitrogens with one attached hydrogen (secondary N) is 1.